The summed E-state index contributed by atoms with van der Waals surface area (Å²) >= 11 is 1.91. The number of nitrogens with zero attached hydrogens (tertiary/aromatic N) is 2. The molecule has 0 radical (unpaired) electrons. The summed E-state index contributed by atoms with van der Waals surface area (Å²) in [7, 11) is 0. The molecule has 2 aromatic rings. The topological polar surface area (TPSA) is 151 Å². The van der Waals surface area contributed by atoms with E-state index in [0.29, 0.717) is 17.1 Å². The number of nitrogen functional groups attached to an aromatic ring is 1. The van der Waals surface area contributed by atoms with Crippen molar-refractivity contribution in [2.45, 2.75) is 37.7 Å². The van der Waals surface area contributed by atoms with Crippen LogP contribution in [0.4, 0.5) is 5.95 Å². The number of hydrogen-bond acceptors (Lipinski definition) is 8. The maximum absolute atomic E-state index is 12.2. The molecule has 0 fully saturated rings. The van der Waals surface area contributed by atoms with Crippen LogP contribution in [0.1, 0.15) is 32.4 Å². The van der Waals surface area contributed by atoms with Crippen molar-refractivity contribution < 1.29 is 15.0 Å². The number of carboxylic acids is 1. The second kappa shape index (κ2) is 7.81. The molecule has 0 aliphatic carbocycles. The number of nitrogens with two attached hydrogens (primary N) is 1. The summed E-state index contributed by atoms with van der Waals surface area (Å²) in [5.41, 5.74) is 4.89. The van der Waals surface area contributed by atoms with Gasteiger partial charge in [0.2, 0.25) is 5.95 Å². The van der Waals surface area contributed by atoms with Crippen LogP contribution in [0.25, 0.3) is 10.3 Å². The van der Waals surface area contributed by atoms with Crippen molar-refractivity contribution >= 4 is 45.4 Å². The Bertz CT molecular complexity index is 843. The second-order valence-corrected chi connectivity index (χ2v) is 7.42. The summed E-state index contributed by atoms with van der Waals surface area (Å²) in [6.07, 6.45) is 0.0470. The second-order valence-electron chi connectivity index (χ2n) is 5.12. The summed E-state index contributed by atoms with van der Waals surface area (Å²) in [5.74, 6) is -0.612. The van der Waals surface area contributed by atoms with Crippen molar-refractivity contribution in [1.29, 1.82) is 0 Å². The molecule has 0 saturated carbocycles. The van der Waals surface area contributed by atoms with Gasteiger partial charge in [0.05, 0.1) is 11.7 Å². The Morgan fingerprint density at radius 3 is 2.83 bits per heavy atom. The number of H-pyrrole nitrogens is 1. The van der Waals surface area contributed by atoms with Crippen LogP contribution >= 0.6 is 23.1 Å². The van der Waals surface area contributed by atoms with Crippen molar-refractivity contribution in [3.05, 3.63) is 20.0 Å². The van der Waals surface area contributed by atoms with Crippen molar-refractivity contribution in [1.82, 2.24) is 14.5 Å². The third kappa shape index (κ3) is 3.97. The van der Waals surface area contributed by atoms with Crippen molar-refractivity contribution in [2.75, 3.05) is 11.5 Å². The van der Waals surface area contributed by atoms with Gasteiger partial charge in [0.1, 0.15) is 10.9 Å². The van der Waals surface area contributed by atoms with Crippen LogP contribution < -0.4 is 16.2 Å². The predicted molar refractivity (Wildman–Crippen MR) is 93.6 cm³/mol. The van der Waals surface area contributed by atoms with Gasteiger partial charge in [0.15, 0.2) is 5.65 Å². The van der Waals surface area contributed by atoms with E-state index in [1.54, 1.807) is 0 Å². The van der Waals surface area contributed by atoms with Crippen LogP contribution in [-0.2, 0) is 4.79 Å². The van der Waals surface area contributed by atoms with Gasteiger partial charge in [0.25, 0.3) is 5.56 Å². The first-order chi connectivity index (χ1) is 11.3. The van der Waals surface area contributed by atoms with Gasteiger partial charge in [-0.25, -0.2) is 0 Å². The first-order valence-electron chi connectivity index (χ1n) is 7.27. The first-order valence-corrected chi connectivity index (χ1v) is 9.14. The van der Waals surface area contributed by atoms with Gasteiger partial charge in [-0.2, -0.15) is 16.7 Å². The van der Waals surface area contributed by atoms with Crippen LogP contribution in [0.15, 0.2) is 9.59 Å². The lowest BCUT2D eigenvalue weighted by molar-refractivity contribution is -0.137. The molecule has 11 heteroatoms. The number of aliphatic carboxylic acids is 1. The third-order valence-corrected chi connectivity index (χ3v) is 5.60. The van der Waals surface area contributed by atoms with Gasteiger partial charge in [-0.3, -0.25) is 23.9 Å². The van der Waals surface area contributed by atoms with Crippen LogP contribution in [-0.4, -0.2) is 41.7 Å². The molecule has 132 valence electrons. The van der Waals surface area contributed by atoms with Gasteiger partial charge in [0, 0.05) is 0 Å². The van der Waals surface area contributed by atoms with E-state index >= 15 is 0 Å². The molecule has 0 bridgehead atoms. The van der Waals surface area contributed by atoms with Crippen molar-refractivity contribution in [2.24, 2.45) is 0 Å². The maximum Gasteiger partial charge on any atom is 0.311 e. The molecule has 2 rings (SSSR count). The fourth-order valence-electron chi connectivity index (χ4n) is 2.15. The fraction of sp³-hybridized carbons (Fsp3) is 0.538. The summed E-state index contributed by atoms with van der Waals surface area (Å²) in [6, 6.07) is 0. The van der Waals surface area contributed by atoms with Crippen LogP contribution in [0.2, 0.25) is 0 Å². The molecule has 2 aromatic heterocycles. The summed E-state index contributed by atoms with van der Waals surface area (Å²) in [6.45, 7) is 2.00. The molecule has 9 nitrogen and oxygen atoms in total. The monoisotopic (exact) mass is 374 g/mol. The van der Waals surface area contributed by atoms with E-state index in [9.17, 15) is 19.5 Å². The SMILES string of the molecule is CCCCS[C@@H](CC(=O)O)C(O)n1c(=O)sc2c(=O)[nH]c(N)nc21. The molecule has 0 aliphatic heterocycles. The zero-order chi connectivity index (χ0) is 17.9. The lowest BCUT2D eigenvalue weighted by Gasteiger charge is -2.22. The number of thioether (sulfide) groups is 1. The molecule has 5 N–H and O–H groups in total. The molecule has 0 amide bonds. The van der Waals surface area contributed by atoms with E-state index in [1.807, 2.05) is 6.92 Å². The predicted octanol–water partition coefficient (Wildman–Crippen LogP) is 0.596. The number of aliphatic hydroxyl groups excluding tert-OH is 1. The van der Waals surface area contributed by atoms with Crippen molar-refractivity contribution in [3.63, 3.8) is 0 Å². The molecule has 2 atom stereocenters. The zero-order valence-electron chi connectivity index (χ0n) is 12.9. The number of unbranched alkanes of at least 4 members (excludes halogenated alkanes) is 1. The van der Waals surface area contributed by atoms with Crippen LogP contribution in [0.5, 0.6) is 0 Å². The number of aromatic amines is 1. The minimum absolute atomic E-state index is 0.0368. The number of thiazole rings is 1. The molecule has 24 heavy (non-hydrogen) atoms. The first kappa shape index (κ1) is 18.5. The Kier molecular flexibility index (Phi) is 6.02. The summed E-state index contributed by atoms with van der Waals surface area (Å²) in [5, 5.41) is 18.9. The minimum Gasteiger partial charge on any atom is -0.481 e. The smallest absolute Gasteiger partial charge is 0.311 e. The Labute approximate surface area is 144 Å². The quantitative estimate of drug-likeness (QED) is 0.490. The van der Waals surface area contributed by atoms with E-state index in [1.165, 1.54) is 11.8 Å². The Balaban J connectivity index is 2.45. The molecular formula is C13H18N4O5S2. The average molecular weight is 374 g/mol. The maximum atomic E-state index is 12.2. The number of aliphatic hydroxyl groups is 1. The van der Waals surface area contributed by atoms with E-state index in [0.717, 1.165) is 17.4 Å². The lowest BCUT2D eigenvalue weighted by Crippen LogP contribution is -2.30. The highest BCUT2D eigenvalue weighted by molar-refractivity contribution is 7.99. The Morgan fingerprint density at radius 2 is 2.21 bits per heavy atom. The summed E-state index contributed by atoms with van der Waals surface area (Å²) in [4.78, 5) is 40.7. The molecule has 0 aromatic carbocycles. The number of aromatic nitrogens is 3. The summed E-state index contributed by atoms with van der Waals surface area (Å²) < 4.78 is 0.985. The van der Waals surface area contributed by atoms with Gasteiger partial charge >= 0.3 is 10.8 Å². The van der Waals surface area contributed by atoms with E-state index < -0.39 is 27.9 Å². The minimum atomic E-state index is -1.42. The number of hydrogen-bond donors (Lipinski definition) is 4. The Morgan fingerprint density at radius 1 is 1.50 bits per heavy atom. The molecule has 0 aliphatic rings. The zero-order valence-corrected chi connectivity index (χ0v) is 14.5. The Hall–Kier alpha value is -1.85. The van der Waals surface area contributed by atoms with Crippen molar-refractivity contribution in [3.8, 4) is 0 Å². The van der Waals surface area contributed by atoms with E-state index in [2.05, 4.69) is 9.97 Å². The lowest BCUT2D eigenvalue weighted by atomic mass is 10.2. The average Bonchev–Trinajstić information content (AvgIpc) is 2.82. The third-order valence-electron chi connectivity index (χ3n) is 3.29. The molecule has 0 spiro atoms. The van der Waals surface area contributed by atoms with Gasteiger partial charge < -0.3 is 15.9 Å². The molecule has 0 saturated heterocycles. The number of rotatable bonds is 8. The highest BCUT2D eigenvalue weighted by Crippen LogP contribution is 2.28. The molecule has 1 unspecified atom stereocenters. The molecule has 2 heterocycles. The molecular weight excluding hydrogens is 356 g/mol. The highest BCUT2D eigenvalue weighted by Gasteiger charge is 2.28. The highest BCUT2D eigenvalue weighted by atomic mass is 32.2. The number of anilines is 1. The number of carbonyl (C=O) groups is 1. The fourth-order valence-corrected chi connectivity index (χ4v) is 4.31. The van der Waals surface area contributed by atoms with Gasteiger partial charge in [-0.15, -0.1) is 0 Å². The normalized spacial score (nSPS) is 13.9. The van der Waals surface area contributed by atoms with Gasteiger partial charge in [-0.1, -0.05) is 24.7 Å². The van der Waals surface area contributed by atoms with Crippen LogP contribution in [0, 0.1) is 0 Å². The number of fused-ring (bicyclic) bond motifs is 1. The standard InChI is InChI=1S/C13H18N4O5S2/c1-2-3-4-23-6(5-7(18)19)11(21)17-9-8(24-13(17)22)10(20)16-12(14)15-9/h6,11,21H,2-5H2,1H3,(H,18,19)(H3,14,15,16,20)/t6-,11?/m0/s1. The number of carboxylic acid groups (broad SMARTS) is 1. The number of nitrogens with one attached hydrogen (secondary N) is 1. The van der Waals surface area contributed by atoms with Crippen LogP contribution in [0.3, 0.4) is 0 Å². The van der Waals surface area contributed by atoms with E-state index in [-0.39, 0.29) is 22.7 Å². The van der Waals surface area contributed by atoms with E-state index in [4.69, 9.17) is 10.8 Å². The van der Waals surface area contributed by atoms with Gasteiger partial charge in [-0.05, 0) is 12.2 Å². The largest absolute Gasteiger partial charge is 0.481 e.